The van der Waals surface area contributed by atoms with E-state index in [-0.39, 0.29) is 11.9 Å². The van der Waals surface area contributed by atoms with Gasteiger partial charge in [0.25, 0.3) is 5.91 Å². The first-order valence-corrected chi connectivity index (χ1v) is 9.45. The van der Waals surface area contributed by atoms with Gasteiger partial charge in [-0.05, 0) is 37.8 Å². The van der Waals surface area contributed by atoms with Gasteiger partial charge in [0.1, 0.15) is 23.7 Å². The van der Waals surface area contributed by atoms with E-state index in [1.165, 1.54) is 12.8 Å². The number of carbonyl (C=O) groups excluding carboxylic acids is 1. The molecule has 2 aromatic heterocycles. The topological polar surface area (TPSA) is 66.3 Å². The summed E-state index contributed by atoms with van der Waals surface area (Å²) < 4.78 is 1.85. The summed E-state index contributed by atoms with van der Waals surface area (Å²) >= 11 is 0. The number of nitrogens with one attached hydrogen (secondary N) is 1. The monoisotopic (exact) mass is 354 g/mol. The third kappa shape index (κ3) is 3.52. The number of anilines is 2. The summed E-state index contributed by atoms with van der Waals surface area (Å²) in [5.41, 5.74) is 0.695. The molecule has 0 bridgehead atoms. The minimum atomic E-state index is -0.00945. The molecule has 0 aliphatic carbocycles. The van der Waals surface area contributed by atoms with Gasteiger partial charge in [-0.1, -0.05) is 0 Å². The molecule has 0 radical (unpaired) electrons. The van der Waals surface area contributed by atoms with Gasteiger partial charge in [-0.15, -0.1) is 0 Å². The predicted octanol–water partition coefficient (Wildman–Crippen LogP) is 1.81. The number of aryl methyl sites for hydroxylation is 1. The molecular formula is C19H26N6O. The van der Waals surface area contributed by atoms with Crippen molar-refractivity contribution in [1.29, 1.82) is 0 Å². The van der Waals surface area contributed by atoms with Crippen molar-refractivity contribution in [2.45, 2.75) is 31.7 Å². The normalized spacial score (nSPS) is 20.4. The van der Waals surface area contributed by atoms with Gasteiger partial charge in [-0.2, -0.15) is 0 Å². The average molecular weight is 354 g/mol. The fourth-order valence-corrected chi connectivity index (χ4v) is 3.89. The summed E-state index contributed by atoms with van der Waals surface area (Å²) in [6.07, 6.45) is 8.06. The molecule has 4 heterocycles. The standard InChI is InChI=1S/C19H26N6O/c1-23-8-5-7-16(23)19(26)22-15-6-4-11-25(13-15)18-12-17(20-14-21-18)24-9-2-3-10-24/h5,7-8,12,14-15H,2-4,6,9-11,13H2,1H3,(H,22,26)/t15-/m1/s1. The Morgan fingerprint density at radius 1 is 1.12 bits per heavy atom. The summed E-state index contributed by atoms with van der Waals surface area (Å²) in [4.78, 5) is 26.0. The lowest BCUT2D eigenvalue weighted by atomic mass is 10.1. The molecule has 7 nitrogen and oxygen atoms in total. The second-order valence-corrected chi connectivity index (χ2v) is 7.19. The molecule has 2 aliphatic heterocycles. The van der Waals surface area contributed by atoms with Crippen LogP contribution in [-0.4, -0.2) is 52.7 Å². The molecule has 1 N–H and O–H groups in total. The van der Waals surface area contributed by atoms with Gasteiger partial charge < -0.3 is 19.7 Å². The highest BCUT2D eigenvalue weighted by Gasteiger charge is 2.24. The van der Waals surface area contributed by atoms with Crippen LogP contribution in [0.15, 0.2) is 30.7 Å². The van der Waals surface area contributed by atoms with Crippen LogP contribution in [0.2, 0.25) is 0 Å². The Morgan fingerprint density at radius 3 is 2.58 bits per heavy atom. The van der Waals surface area contributed by atoms with Crippen molar-refractivity contribution in [3.8, 4) is 0 Å². The Bertz CT molecular complexity index is 767. The first-order valence-electron chi connectivity index (χ1n) is 9.45. The smallest absolute Gasteiger partial charge is 0.268 e. The Balaban J connectivity index is 1.43. The SMILES string of the molecule is Cn1cccc1C(=O)N[C@@H]1CCCN(c2cc(N3CCCC3)ncn2)C1. The summed E-state index contributed by atoms with van der Waals surface area (Å²) in [6.45, 7) is 3.90. The maximum absolute atomic E-state index is 12.5. The molecule has 0 saturated carbocycles. The molecule has 1 atom stereocenters. The number of rotatable bonds is 4. The number of carbonyl (C=O) groups is 1. The van der Waals surface area contributed by atoms with Crippen molar-refractivity contribution in [3.05, 3.63) is 36.4 Å². The summed E-state index contributed by atoms with van der Waals surface area (Å²) in [5, 5.41) is 3.18. The van der Waals surface area contributed by atoms with Crippen LogP contribution in [0.3, 0.4) is 0 Å². The van der Waals surface area contributed by atoms with Crippen LogP contribution in [-0.2, 0) is 7.05 Å². The minimum Gasteiger partial charge on any atom is -0.356 e. The lowest BCUT2D eigenvalue weighted by Crippen LogP contribution is -2.48. The summed E-state index contributed by atoms with van der Waals surface area (Å²) in [6, 6.07) is 5.97. The second-order valence-electron chi connectivity index (χ2n) is 7.19. The first-order chi connectivity index (χ1) is 12.7. The quantitative estimate of drug-likeness (QED) is 0.907. The van der Waals surface area contributed by atoms with Crippen LogP contribution < -0.4 is 15.1 Å². The van der Waals surface area contributed by atoms with Crippen LogP contribution in [0.5, 0.6) is 0 Å². The lowest BCUT2D eigenvalue weighted by Gasteiger charge is -2.34. The highest BCUT2D eigenvalue weighted by Crippen LogP contribution is 2.23. The van der Waals surface area contributed by atoms with Gasteiger partial charge in [0.2, 0.25) is 0 Å². The first kappa shape index (κ1) is 16.9. The van der Waals surface area contributed by atoms with E-state index in [0.717, 1.165) is 50.7 Å². The predicted molar refractivity (Wildman–Crippen MR) is 102 cm³/mol. The van der Waals surface area contributed by atoms with Crippen molar-refractivity contribution in [2.75, 3.05) is 36.0 Å². The zero-order chi connectivity index (χ0) is 17.9. The van der Waals surface area contributed by atoms with E-state index >= 15 is 0 Å². The Hall–Kier alpha value is -2.57. The molecule has 138 valence electrons. The summed E-state index contributed by atoms with van der Waals surface area (Å²) in [7, 11) is 1.89. The maximum Gasteiger partial charge on any atom is 0.268 e. The van der Waals surface area contributed by atoms with Gasteiger partial charge in [-0.3, -0.25) is 4.79 Å². The number of hydrogen-bond donors (Lipinski definition) is 1. The number of aromatic nitrogens is 3. The van der Waals surface area contributed by atoms with Gasteiger partial charge in [0.15, 0.2) is 0 Å². The molecule has 2 aliphatic rings. The Kier molecular flexibility index (Phi) is 4.77. The molecule has 7 heteroatoms. The molecule has 2 aromatic rings. The Labute approximate surface area is 154 Å². The third-order valence-electron chi connectivity index (χ3n) is 5.33. The van der Waals surface area contributed by atoms with Crippen molar-refractivity contribution in [3.63, 3.8) is 0 Å². The molecule has 0 unspecified atom stereocenters. The maximum atomic E-state index is 12.5. The number of amides is 1. The molecule has 26 heavy (non-hydrogen) atoms. The second kappa shape index (κ2) is 7.35. The van der Waals surface area contributed by atoms with Crippen LogP contribution in [0.1, 0.15) is 36.2 Å². The van der Waals surface area contributed by atoms with Crippen molar-refractivity contribution >= 4 is 17.5 Å². The van der Waals surface area contributed by atoms with E-state index in [1.807, 2.05) is 29.9 Å². The van der Waals surface area contributed by atoms with Gasteiger partial charge >= 0.3 is 0 Å². The lowest BCUT2D eigenvalue weighted by molar-refractivity contribution is 0.0925. The van der Waals surface area contributed by atoms with Gasteiger partial charge in [-0.25, -0.2) is 9.97 Å². The fraction of sp³-hybridized carbons (Fsp3) is 0.526. The van der Waals surface area contributed by atoms with Crippen molar-refractivity contribution < 1.29 is 4.79 Å². The van der Waals surface area contributed by atoms with E-state index in [4.69, 9.17) is 0 Å². The highest BCUT2D eigenvalue weighted by atomic mass is 16.2. The molecular weight excluding hydrogens is 328 g/mol. The molecule has 4 rings (SSSR count). The molecule has 1 amide bonds. The molecule has 0 spiro atoms. The largest absolute Gasteiger partial charge is 0.356 e. The van der Waals surface area contributed by atoms with E-state index in [9.17, 15) is 4.79 Å². The minimum absolute atomic E-state index is 0.00945. The van der Waals surface area contributed by atoms with Gasteiger partial charge in [0, 0.05) is 51.5 Å². The molecule has 0 aromatic carbocycles. The van der Waals surface area contributed by atoms with E-state index < -0.39 is 0 Å². The number of piperidine rings is 1. The van der Waals surface area contributed by atoms with E-state index in [1.54, 1.807) is 6.33 Å². The molecule has 2 fully saturated rings. The fourth-order valence-electron chi connectivity index (χ4n) is 3.89. The highest BCUT2D eigenvalue weighted by molar-refractivity contribution is 5.92. The van der Waals surface area contributed by atoms with Gasteiger partial charge in [0.05, 0.1) is 0 Å². The van der Waals surface area contributed by atoms with E-state index in [2.05, 4.69) is 31.2 Å². The summed E-state index contributed by atoms with van der Waals surface area (Å²) in [5.74, 6) is 1.96. The third-order valence-corrected chi connectivity index (χ3v) is 5.33. The zero-order valence-corrected chi connectivity index (χ0v) is 15.3. The van der Waals surface area contributed by atoms with Crippen LogP contribution in [0.25, 0.3) is 0 Å². The van der Waals surface area contributed by atoms with Crippen LogP contribution >= 0.6 is 0 Å². The molecule has 2 saturated heterocycles. The average Bonchev–Trinajstić information content (AvgIpc) is 3.34. The van der Waals surface area contributed by atoms with Crippen molar-refractivity contribution in [2.24, 2.45) is 7.05 Å². The number of nitrogens with zero attached hydrogens (tertiary/aromatic N) is 5. The van der Waals surface area contributed by atoms with Crippen LogP contribution in [0, 0.1) is 0 Å². The Morgan fingerprint density at radius 2 is 1.85 bits per heavy atom. The van der Waals surface area contributed by atoms with Crippen molar-refractivity contribution in [1.82, 2.24) is 19.9 Å². The zero-order valence-electron chi connectivity index (χ0n) is 15.3. The van der Waals surface area contributed by atoms with Crippen LogP contribution in [0.4, 0.5) is 11.6 Å². The number of hydrogen-bond acceptors (Lipinski definition) is 5. The van der Waals surface area contributed by atoms with E-state index in [0.29, 0.717) is 5.69 Å².